The Balaban J connectivity index is 2.06. The maximum absolute atomic E-state index is 12.5. The van der Waals surface area contributed by atoms with Crippen molar-refractivity contribution in [1.29, 1.82) is 0 Å². The lowest BCUT2D eigenvalue weighted by molar-refractivity contribution is -0.127. The van der Waals surface area contributed by atoms with Gasteiger partial charge in [-0.15, -0.1) is 0 Å². The number of halogens is 2. The third kappa shape index (κ3) is 3.07. The van der Waals surface area contributed by atoms with Crippen LogP contribution in [0.25, 0.3) is 0 Å². The molecule has 1 N–H and O–H groups in total. The molecule has 2 rings (SSSR count). The van der Waals surface area contributed by atoms with Crippen LogP contribution in [0.2, 0.25) is 0 Å². The second kappa shape index (κ2) is 5.77. The summed E-state index contributed by atoms with van der Waals surface area (Å²) in [4.78, 5) is 24.2. The molecule has 0 radical (unpaired) electrons. The molecule has 1 fully saturated rings. The number of hydrogen-bond acceptors (Lipinski definition) is 2. The van der Waals surface area contributed by atoms with Crippen LogP contribution in [0.3, 0.4) is 0 Å². The molecule has 19 heavy (non-hydrogen) atoms. The van der Waals surface area contributed by atoms with Gasteiger partial charge in [-0.05, 0) is 25.0 Å². The molecule has 0 saturated carbocycles. The van der Waals surface area contributed by atoms with Crippen LogP contribution in [-0.4, -0.2) is 29.8 Å². The van der Waals surface area contributed by atoms with Gasteiger partial charge >= 0.3 is 0 Å². The van der Waals surface area contributed by atoms with Gasteiger partial charge in [-0.25, -0.2) is 8.78 Å². The molecule has 4 nitrogen and oxygen atoms in total. The molecule has 1 aliphatic heterocycles. The van der Waals surface area contributed by atoms with Crippen molar-refractivity contribution in [3.05, 3.63) is 29.8 Å². The van der Waals surface area contributed by atoms with E-state index in [1.807, 2.05) is 0 Å². The minimum Gasteiger partial charge on any atom is -0.333 e. The van der Waals surface area contributed by atoms with Crippen LogP contribution in [0.5, 0.6) is 0 Å². The van der Waals surface area contributed by atoms with E-state index >= 15 is 0 Å². The first kappa shape index (κ1) is 13.5. The SMILES string of the molecule is O=CN1CCCC1C(=O)Nc1cccc(C(F)F)c1. The van der Waals surface area contributed by atoms with Gasteiger partial charge in [0, 0.05) is 17.8 Å². The quantitative estimate of drug-likeness (QED) is 0.851. The predicted molar refractivity (Wildman–Crippen MR) is 65.8 cm³/mol. The predicted octanol–water partition coefficient (Wildman–Crippen LogP) is 2.18. The third-order valence-electron chi connectivity index (χ3n) is 3.14. The lowest BCUT2D eigenvalue weighted by Crippen LogP contribution is -2.38. The fraction of sp³-hybridized carbons (Fsp3) is 0.385. The standard InChI is InChI=1S/C13H14F2N2O2/c14-12(15)9-3-1-4-10(7-9)16-13(19)11-5-2-6-17(11)8-18/h1,3-4,7-8,11-12H,2,5-6H2,(H,16,19). The molecule has 1 aliphatic rings. The Hall–Kier alpha value is -1.98. The van der Waals surface area contributed by atoms with Crippen molar-refractivity contribution in [3.63, 3.8) is 0 Å². The van der Waals surface area contributed by atoms with Crippen molar-refractivity contribution in [2.45, 2.75) is 25.3 Å². The zero-order chi connectivity index (χ0) is 13.8. The topological polar surface area (TPSA) is 49.4 Å². The van der Waals surface area contributed by atoms with Crippen LogP contribution in [-0.2, 0) is 9.59 Å². The molecule has 0 aliphatic carbocycles. The highest BCUT2D eigenvalue weighted by molar-refractivity contribution is 5.96. The maximum atomic E-state index is 12.5. The van der Waals surface area contributed by atoms with Crippen molar-refractivity contribution in [3.8, 4) is 0 Å². The summed E-state index contributed by atoms with van der Waals surface area (Å²) in [7, 11) is 0. The van der Waals surface area contributed by atoms with Crippen LogP contribution >= 0.6 is 0 Å². The normalized spacial score (nSPS) is 18.7. The average Bonchev–Trinajstić information content (AvgIpc) is 2.87. The van der Waals surface area contributed by atoms with Gasteiger partial charge in [0.2, 0.25) is 12.3 Å². The van der Waals surface area contributed by atoms with Gasteiger partial charge in [0.05, 0.1) is 0 Å². The Morgan fingerprint density at radius 2 is 2.26 bits per heavy atom. The maximum Gasteiger partial charge on any atom is 0.263 e. The average molecular weight is 268 g/mol. The Labute approximate surface area is 109 Å². The van der Waals surface area contributed by atoms with Crippen molar-refractivity contribution < 1.29 is 18.4 Å². The van der Waals surface area contributed by atoms with E-state index in [0.717, 1.165) is 6.42 Å². The van der Waals surface area contributed by atoms with E-state index < -0.39 is 12.5 Å². The first-order valence-electron chi connectivity index (χ1n) is 6.02. The number of hydrogen-bond donors (Lipinski definition) is 1. The first-order chi connectivity index (χ1) is 9.11. The number of nitrogens with zero attached hydrogens (tertiary/aromatic N) is 1. The van der Waals surface area contributed by atoms with Gasteiger partial charge in [-0.1, -0.05) is 12.1 Å². The first-order valence-corrected chi connectivity index (χ1v) is 6.02. The number of amides is 2. The highest BCUT2D eigenvalue weighted by atomic mass is 19.3. The summed E-state index contributed by atoms with van der Waals surface area (Å²) in [6.45, 7) is 0.554. The number of benzene rings is 1. The number of anilines is 1. The van der Waals surface area contributed by atoms with E-state index in [9.17, 15) is 18.4 Å². The second-order valence-electron chi connectivity index (χ2n) is 4.42. The molecule has 0 bridgehead atoms. The zero-order valence-corrected chi connectivity index (χ0v) is 10.2. The number of alkyl halides is 2. The van der Waals surface area contributed by atoms with Gasteiger partial charge in [-0.3, -0.25) is 9.59 Å². The molecular weight excluding hydrogens is 254 g/mol. The minimum absolute atomic E-state index is 0.142. The molecular formula is C13H14F2N2O2. The molecule has 6 heteroatoms. The van der Waals surface area contributed by atoms with E-state index in [2.05, 4.69) is 5.32 Å². The van der Waals surface area contributed by atoms with E-state index in [-0.39, 0.29) is 11.5 Å². The largest absolute Gasteiger partial charge is 0.333 e. The second-order valence-corrected chi connectivity index (χ2v) is 4.42. The summed E-state index contributed by atoms with van der Waals surface area (Å²) in [5, 5.41) is 2.57. The van der Waals surface area contributed by atoms with Crippen molar-refractivity contribution in [2.75, 3.05) is 11.9 Å². The van der Waals surface area contributed by atoms with E-state index in [1.165, 1.54) is 23.1 Å². The molecule has 1 heterocycles. The summed E-state index contributed by atoms with van der Waals surface area (Å²) in [5.74, 6) is -0.337. The van der Waals surface area contributed by atoms with Crippen molar-refractivity contribution >= 4 is 18.0 Å². The number of carbonyl (C=O) groups is 2. The number of rotatable bonds is 4. The summed E-state index contributed by atoms with van der Waals surface area (Å²) in [6.07, 6.45) is -0.561. The van der Waals surface area contributed by atoms with Gasteiger partial charge < -0.3 is 10.2 Å². The molecule has 1 aromatic rings. The van der Waals surface area contributed by atoms with Crippen molar-refractivity contribution in [2.24, 2.45) is 0 Å². The summed E-state index contributed by atoms with van der Waals surface area (Å²) in [5.41, 5.74) is 0.178. The lowest BCUT2D eigenvalue weighted by atomic mass is 10.1. The molecule has 102 valence electrons. The van der Waals surface area contributed by atoms with Crippen LogP contribution in [0.15, 0.2) is 24.3 Å². The van der Waals surface area contributed by atoms with Crippen LogP contribution in [0.1, 0.15) is 24.8 Å². The summed E-state index contributed by atoms with van der Waals surface area (Å²) in [6, 6.07) is 5.04. The fourth-order valence-corrected chi connectivity index (χ4v) is 2.17. The number of carbonyl (C=O) groups excluding carboxylic acids is 2. The number of nitrogens with one attached hydrogen (secondary N) is 1. The monoisotopic (exact) mass is 268 g/mol. The van der Waals surface area contributed by atoms with E-state index in [0.29, 0.717) is 25.1 Å². The van der Waals surface area contributed by atoms with E-state index in [4.69, 9.17) is 0 Å². The molecule has 1 unspecified atom stereocenters. The van der Waals surface area contributed by atoms with Crippen LogP contribution < -0.4 is 5.32 Å². The highest BCUT2D eigenvalue weighted by Crippen LogP contribution is 2.23. The molecule has 2 amide bonds. The Morgan fingerprint density at radius 3 is 2.95 bits per heavy atom. The minimum atomic E-state index is -2.57. The van der Waals surface area contributed by atoms with Crippen LogP contribution in [0.4, 0.5) is 14.5 Å². The Morgan fingerprint density at radius 1 is 1.47 bits per heavy atom. The molecule has 1 saturated heterocycles. The lowest BCUT2D eigenvalue weighted by Gasteiger charge is -2.19. The highest BCUT2D eigenvalue weighted by Gasteiger charge is 2.29. The number of likely N-dealkylation sites (tertiary alicyclic amines) is 1. The third-order valence-corrected chi connectivity index (χ3v) is 3.14. The summed E-state index contributed by atoms with van der Waals surface area (Å²) < 4.78 is 25.1. The van der Waals surface area contributed by atoms with Crippen LogP contribution in [0, 0.1) is 0 Å². The summed E-state index contributed by atoms with van der Waals surface area (Å²) >= 11 is 0. The van der Waals surface area contributed by atoms with Gasteiger partial charge in [0.1, 0.15) is 6.04 Å². The smallest absolute Gasteiger partial charge is 0.263 e. The van der Waals surface area contributed by atoms with Crippen molar-refractivity contribution in [1.82, 2.24) is 4.90 Å². The molecule has 0 spiro atoms. The zero-order valence-electron chi connectivity index (χ0n) is 10.2. The molecule has 1 aromatic carbocycles. The Bertz CT molecular complexity index is 479. The molecule has 1 atom stereocenters. The fourth-order valence-electron chi connectivity index (χ4n) is 2.17. The Kier molecular flexibility index (Phi) is 4.09. The van der Waals surface area contributed by atoms with Gasteiger partial charge in [0.25, 0.3) is 6.43 Å². The van der Waals surface area contributed by atoms with Gasteiger partial charge in [-0.2, -0.15) is 0 Å². The van der Waals surface area contributed by atoms with Gasteiger partial charge in [0.15, 0.2) is 0 Å². The molecule has 0 aromatic heterocycles. The van der Waals surface area contributed by atoms with E-state index in [1.54, 1.807) is 6.07 Å².